The van der Waals surface area contributed by atoms with Gasteiger partial charge in [-0.05, 0) is 37.5 Å². The summed E-state index contributed by atoms with van der Waals surface area (Å²) in [6.07, 6.45) is 5.07. The van der Waals surface area contributed by atoms with Crippen LogP contribution in [-0.2, 0) is 29.7 Å². The Bertz CT molecular complexity index is 1210. The number of aromatic nitrogens is 2. The third kappa shape index (κ3) is 3.82. The molecule has 8 heteroatoms. The first-order chi connectivity index (χ1) is 15.4. The molecule has 2 unspecified atom stereocenters. The molecule has 3 aromatic rings. The normalized spacial score (nSPS) is 23.1. The second-order valence-corrected chi connectivity index (χ2v) is 10.7. The monoisotopic (exact) mass is 454 g/mol. The van der Waals surface area contributed by atoms with Crippen molar-refractivity contribution in [3.8, 4) is 0 Å². The summed E-state index contributed by atoms with van der Waals surface area (Å²) < 4.78 is 45.6. The molecule has 0 saturated carbocycles. The van der Waals surface area contributed by atoms with E-state index in [0.717, 1.165) is 36.6 Å². The van der Waals surface area contributed by atoms with Gasteiger partial charge in [-0.1, -0.05) is 36.4 Å². The molecule has 0 radical (unpaired) electrons. The Morgan fingerprint density at radius 1 is 1.09 bits per heavy atom. The maximum Gasteiger partial charge on any atom is 0.221 e. The van der Waals surface area contributed by atoms with Crippen LogP contribution in [0.5, 0.6) is 0 Å². The van der Waals surface area contributed by atoms with Gasteiger partial charge in [-0.2, -0.15) is 4.31 Å². The van der Waals surface area contributed by atoms with Gasteiger partial charge in [0.15, 0.2) is 0 Å². The van der Waals surface area contributed by atoms with Crippen LogP contribution in [0.4, 0.5) is 10.1 Å². The number of halogens is 1. The van der Waals surface area contributed by atoms with Crippen molar-refractivity contribution in [2.24, 2.45) is 0 Å². The average molecular weight is 455 g/mol. The fourth-order valence-electron chi connectivity index (χ4n) is 4.77. The fourth-order valence-corrected chi connectivity index (χ4v) is 6.96. The van der Waals surface area contributed by atoms with Crippen LogP contribution in [0.1, 0.15) is 42.0 Å². The van der Waals surface area contributed by atoms with Gasteiger partial charge < -0.3 is 9.47 Å². The lowest BCUT2D eigenvalue weighted by molar-refractivity contribution is 0.279. The van der Waals surface area contributed by atoms with Crippen molar-refractivity contribution in [3.05, 3.63) is 83.7 Å². The van der Waals surface area contributed by atoms with Crippen molar-refractivity contribution in [3.63, 3.8) is 0 Å². The summed E-state index contributed by atoms with van der Waals surface area (Å²) in [4.78, 5) is 6.46. The van der Waals surface area contributed by atoms with Gasteiger partial charge in [0.2, 0.25) is 10.0 Å². The smallest absolute Gasteiger partial charge is 0.221 e. The largest absolute Gasteiger partial charge is 0.362 e. The summed E-state index contributed by atoms with van der Waals surface area (Å²) in [5, 5.41) is -0.584. The van der Waals surface area contributed by atoms with E-state index in [-0.39, 0.29) is 18.4 Å². The molecule has 1 saturated heterocycles. The lowest BCUT2D eigenvalue weighted by Crippen LogP contribution is -2.44. The van der Waals surface area contributed by atoms with Crippen molar-refractivity contribution in [2.75, 3.05) is 11.4 Å². The summed E-state index contributed by atoms with van der Waals surface area (Å²) in [5.41, 5.74) is 1.98. The van der Waals surface area contributed by atoms with Crippen molar-refractivity contribution < 1.29 is 12.8 Å². The van der Waals surface area contributed by atoms with Crippen LogP contribution < -0.4 is 4.90 Å². The molecule has 0 bridgehead atoms. The molecule has 3 heterocycles. The highest BCUT2D eigenvalue weighted by Crippen LogP contribution is 2.38. The minimum atomic E-state index is -3.59. The molecule has 0 amide bonds. The molecular formula is C24H27FN4O2S. The van der Waals surface area contributed by atoms with Gasteiger partial charge in [-0.25, -0.2) is 17.8 Å². The van der Waals surface area contributed by atoms with E-state index in [1.54, 1.807) is 12.3 Å². The number of hydrogen-bond donors (Lipinski definition) is 0. The van der Waals surface area contributed by atoms with Gasteiger partial charge in [-0.3, -0.25) is 0 Å². The SMILES string of the molecule is CC1CCC(c2ccccc2)S(=O)(=O)N1Cc1ccc(N2CCn3ccnc3C2)cc1F. The van der Waals surface area contributed by atoms with Gasteiger partial charge >= 0.3 is 0 Å². The number of imidazole rings is 1. The third-order valence-corrected chi connectivity index (χ3v) is 9.04. The highest BCUT2D eigenvalue weighted by atomic mass is 32.2. The van der Waals surface area contributed by atoms with E-state index in [1.807, 2.05) is 49.5 Å². The van der Waals surface area contributed by atoms with Crippen LogP contribution in [0.2, 0.25) is 0 Å². The highest BCUT2D eigenvalue weighted by molar-refractivity contribution is 7.89. The molecule has 32 heavy (non-hydrogen) atoms. The first-order valence-corrected chi connectivity index (χ1v) is 12.5. The van der Waals surface area contributed by atoms with E-state index < -0.39 is 15.3 Å². The molecule has 5 rings (SSSR count). The van der Waals surface area contributed by atoms with Crippen molar-refractivity contribution in [1.29, 1.82) is 0 Å². The lowest BCUT2D eigenvalue weighted by Gasteiger charge is -2.37. The van der Waals surface area contributed by atoms with E-state index in [0.29, 0.717) is 18.5 Å². The lowest BCUT2D eigenvalue weighted by atomic mass is 10.0. The minimum absolute atomic E-state index is 0.0450. The molecule has 6 nitrogen and oxygen atoms in total. The van der Waals surface area contributed by atoms with Crippen molar-refractivity contribution in [2.45, 2.75) is 50.7 Å². The Hall–Kier alpha value is -2.71. The van der Waals surface area contributed by atoms with Crippen LogP contribution in [0, 0.1) is 5.82 Å². The van der Waals surface area contributed by atoms with E-state index in [4.69, 9.17) is 0 Å². The zero-order chi connectivity index (χ0) is 22.3. The van der Waals surface area contributed by atoms with Crippen LogP contribution >= 0.6 is 0 Å². The second-order valence-electron chi connectivity index (χ2n) is 8.65. The topological polar surface area (TPSA) is 58.4 Å². The van der Waals surface area contributed by atoms with Crippen molar-refractivity contribution in [1.82, 2.24) is 13.9 Å². The Labute approximate surface area is 188 Å². The predicted molar refractivity (Wildman–Crippen MR) is 122 cm³/mol. The van der Waals surface area contributed by atoms with Gasteiger partial charge in [0.1, 0.15) is 16.9 Å². The van der Waals surface area contributed by atoms with Gasteiger partial charge in [-0.15, -0.1) is 0 Å². The zero-order valence-electron chi connectivity index (χ0n) is 18.1. The molecule has 2 aromatic carbocycles. The van der Waals surface area contributed by atoms with Crippen LogP contribution in [0.15, 0.2) is 60.9 Å². The first-order valence-electron chi connectivity index (χ1n) is 11.0. The standard InChI is InChI=1S/C24H27FN4O2S/c1-18-7-10-23(19-5-3-2-4-6-19)32(30,31)29(18)16-20-8-9-21(15-22(20)25)28-14-13-27-12-11-26-24(27)17-28/h2-6,8-9,11-12,15,18,23H,7,10,13-14,16-17H2,1H3. The zero-order valence-corrected chi connectivity index (χ0v) is 18.9. The molecule has 1 aromatic heterocycles. The number of fused-ring (bicyclic) bond motifs is 1. The number of hydrogen-bond acceptors (Lipinski definition) is 4. The maximum absolute atomic E-state index is 15.1. The number of sulfonamides is 1. The molecule has 2 aliphatic heterocycles. The first kappa shape index (κ1) is 21.2. The summed E-state index contributed by atoms with van der Waals surface area (Å²) in [6.45, 7) is 4.16. The van der Waals surface area contributed by atoms with Crippen molar-refractivity contribution >= 4 is 15.7 Å². The molecule has 1 fully saturated rings. The Morgan fingerprint density at radius 2 is 1.91 bits per heavy atom. The van der Waals surface area contributed by atoms with E-state index >= 15 is 4.39 Å². The summed E-state index contributed by atoms with van der Waals surface area (Å²) >= 11 is 0. The number of anilines is 1. The molecular weight excluding hydrogens is 427 g/mol. The summed E-state index contributed by atoms with van der Waals surface area (Å²) in [7, 11) is -3.59. The highest BCUT2D eigenvalue weighted by Gasteiger charge is 2.40. The second kappa shape index (κ2) is 8.33. The maximum atomic E-state index is 15.1. The average Bonchev–Trinajstić information content (AvgIpc) is 3.26. The third-order valence-electron chi connectivity index (χ3n) is 6.67. The van der Waals surface area contributed by atoms with Crippen LogP contribution in [0.3, 0.4) is 0 Å². The Morgan fingerprint density at radius 3 is 2.69 bits per heavy atom. The van der Waals surface area contributed by atoms with E-state index in [2.05, 4.69) is 14.5 Å². The molecule has 2 atom stereocenters. The summed E-state index contributed by atoms with van der Waals surface area (Å²) in [5.74, 6) is 0.585. The Kier molecular flexibility index (Phi) is 5.51. The Balaban J connectivity index is 1.37. The fraction of sp³-hybridized carbons (Fsp3) is 0.375. The van der Waals surface area contributed by atoms with Gasteiger partial charge in [0, 0.05) is 49.3 Å². The minimum Gasteiger partial charge on any atom is -0.362 e. The van der Waals surface area contributed by atoms with E-state index in [9.17, 15) is 8.42 Å². The predicted octanol–water partition coefficient (Wildman–Crippen LogP) is 4.10. The van der Waals surface area contributed by atoms with E-state index in [1.165, 1.54) is 10.4 Å². The number of nitrogens with zero attached hydrogens (tertiary/aromatic N) is 4. The van der Waals surface area contributed by atoms with Crippen LogP contribution in [-0.4, -0.2) is 34.9 Å². The molecule has 168 valence electrons. The molecule has 2 aliphatic rings. The molecule has 0 aliphatic carbocycles. The van der Waals surface area contributed by atoms with Crippen LogP contribution in [0.25, 0.3) is 0 Å². The molecule has 0 N–H and O–H groups in total. The number of rotatable bonds is 4. The molecule has 0 spiro atoms. The van der Waals surface area contributed by atoms with Gasteiger partial charge in [0.05, 0.1) is 6.54 Å². The quantitative estimate of drug-likeness (QED) is 0.596. The number of benzene rings is 2. The summed E-state index contributed by atoms with van der Waals surface area (Å²) in [6, 6.07) is 14.3. The van der Waals surface area contributed by atoms with Gasteiger partial charge in [0.25, 0.3) is 0 Å².